The zero-order valence-electron chi connectivity index (χ0n) is 10.1. The number of hydrogen-bond acceptors (Lipinski definition) is 2. The number of fused-ring (bicyclic) bond motifs is 1. The van der Waals surface area contributed by atoms with Crippen LogP contribution in [0.4, 0.5) is 0 Å². The van der Waals surface area contributed by atoms with Gasteiger partial charge in [0, 0.05) is 11.9 Å². The summed E-state index contributed by atoms with van der Waals surface area (Å²) < 4.78 is 0. The molecule has 0 amide bonds. The fourth-order valence-corrected chi connectivity index (χ4v) is 2.48. The van der Waals surface area contributed by atoms with Crippen molar-refractivity contribution in [1.29, 1.82) is 5.26 Å². The van der Waals surface area contributed by atoms with E-state index in [-0.39, 0.29) is 0 Å². The van der Waals surface area contributed by atoms with Gasteiger partial charge in [-0.25, -0.2) is 0 Å². The summed E-state index contributed by atoms with van der Waals surface area (Å²) in [6, 6.07) is 2.29. The topological polar surface area (TPSA) is 36.7 Å². The summed E-state index contributed by atoms with van der Waals surface area (Å²) in [5.74, 6) is 0.598. The maximum atomic E-state index is 9.14. The van der Waals surface area contributed by atoms with Crippen LogP contribution in [0.1, 0.15) is 49.1 Å². The van der Waals surface area contributed by atoms with E-state index in [1.165, 1.54) is 29.7 Å². The van der Waals surface area contributed by atoms with Crippen molar-refractivity contribution < 1.29 is 0 Å². The van der Waals surface area contributed by atoms with Crippen molar-refractivity contribution in [1.82, 2.24) is 4.98 Å². The highest BCUT2D eigenvalue weighted by Crippen LogP contribution is 2.26. The average Bonchev–Trinajstić information content (AvgIpc) is 2.29. The van der Waals surface area contributed by atoms with E-state index < -0.39 is 0 Å². The number of nitriles is 1. The van der Waals surface area contributed by atoms with Gasteiger partial charge in [0.15, 0.2) is 0 Å². The molecule has 1 aromatic heterocycles. The summed E-state index contributed by atoms with van der Waals surface area (Å²) in [5, 5.41) is 9.14. The molecule has 0 bridgehead atoms. The molecule has 0 atom stereocenters. The van der Waals surface area contributed by atoms with Gasteiger partial charge in [-0.05, 0) is 49.1 Å². The molecule has 0 fully saturated rings. The molecule has 16 heavy (non-hydrogen) atoms. The van der Waals surface area contributed by atoms with E-state index in [0.717, 1.165) is 24.8 Å². The van der Waals surface area contributed by atoms with Crippen molar-refractivity contribution in [2.45, 2.75) is 46.0 Å². The van der Waals surface area contributed by atoms with Crippen LogP contribution >= 0.6 is 0 Å². The molecule has 0 unspecified atom stereocenters. The minimum absolute atomic E-state index is 0.598. The van der Waals surface area contributed by atoms with Gasteiger partial charge in [-0.3, -0.25) is 4.98 Å². The Morgan fingerprint density at radius 1 is 1.38 bits per heavy atom. The second-order valence-electron chi connectivity index (χ2n) is 4.99. The quantitative estimate of drug-likeness (QED) is 0.758. The molecule has 1 heterocycles. The van der Waals surface area contributed by atoms with Crippen molar-refractivity contribution >= 4 is 0 Å². The molecular weight excluding hydrogens is 196 g/mol. The zero-order chi connectivity index (χ0) is 11.5. The fraction of sp³-hybridized carbons (Fsp3) is 0.571. The number of aryl methyl sites for hydroxylation is 1. The van der Waals surface area contributed by atoms with Crippen LogP contribution in [-0.4, -0.2) is 4.98 Å². The van der Waals surface area contributed by atoms with Crippen LogP contribution in [0.2, 0.25) is 0 Å². The van der Waals surface area contributed by atoms with E-state index in [2.05, 4.69) is 24.9 Å². The number of hydrogen-bond donors (Lipinski definition) is 0. The molecule has 0 aromatic carbocycles. The molecule has 0 N–H and O–H groups in total. The molecular formula is C14H18N2. The van der Waals surface area contributed by atoms with E-state index >= 15 is 0 Å². The third-order valence-corrected chi connectivity index (χ3v) is 3.21. The Labute approximate surface area is 97.3 Å². The van der Waals surface area contributed by atoms with E-state index in [0.29, 0.717) is 5.92 Å². The number of nitrogens with zero attached hydrogens (tertiary/aromatic N) is 2. The maximum absolute atomic E-state index is 9.14. The van der Waals surface area contributed by atoms with E-state index in [1.807, 2.05) is 0 Å². The lowest BCUT2D eigenvalue weighted by molar-refractivity contribution is 0.616. The highest BCUT2D eigenvalue weighted by atomic mass is 14.7. The first-order valence-corrected chi connectivity index (χ1v) is 6.12. The molecule has 1 aliphatic carbocycles. The van der Waals surface area contributed by atoms with Gasteiger partial charge in [0.2, 0.25) is 0 Å². The second kappa shape index (κ2) is 4.65. The normalized spacial score (nSPS) is 14.6. The second-order valence-corrected chi connectivity index (χ2v) is 4.99. The van der Waals surface area contributed by atoms with E-state index in [1.54, 1.807) is 6.20 Å². The molecule has 1 aromatic rings. The summed E-state index contributed by atoms with van der Waals surface area (Å²) in [7, 11) is 0. The maximum Gasteiger partial charge on any atom is 0.101 e. The highest BCUT2D eigenvalue weighted by Gasteiger charge is 2.18. The number of rotatable bonds is 2. The molecule has 0 spiro atoms. The standard InChI is InChI=1S/C14H18N2/c1-10(2)7-13-11(8-15)9-16-14-6-4-3-5-12(13)14/h9-10H,3-7H2,1-2H3. The first kappa shape index (κ1) is 11.1. The SMILES string of the molecule is CC(C)Cc1c(C#N)cnc2c1CCCC2. The van der Waals surface area contributed by atoms with Gasteiger partial charge in [0.25, 0.3) is 0 Å². The van der Waals surface area contributed by atoms with Crippen LogP contribution in [0.5, 0.6) is 0 Å². The molecule has 0 saturated carbocycles. The smallest absolute Gasteiger partial charge is 0.101 e. The van der Waals surface area contributed by atoms with E-state index in [4.69, 9.17) is 5.26 Å². The lowest BCUT2D eigenvalue weighted by atomic mass is 9.87. The summed E-state index contributed by atoms with van der Waals surface area (Å²) in [5.41, 5.74) is 4.66. The van der Waals surface area contributed by atoms with Gasteiger partial charge in [-0.1, -0.05) is 13.8 Å². The van der Waals surface area contributed by atoms with Crippen LogP contribution in [0, 0.1) is 17.2 Å². The minimum Gasteiger partial charge on any atom is -0.260 e. The lowest BCUT2D eigenvalue weighted by Crippen LogP contribution is -2.12. The van der Waals surface area contributed by atoms with Crippen molar-refractivity contribution in [2.75, 3.05) is 0 Å². The monoisotopic (exact) mass is 214 g/mol. The Balaban J connectivity index is 2.48. The summed E-state index contributed by atoms with van der Waals surface area (Å²) in [4.78, 5) is 4.44. The molecule has 0 aliphatic heterocycles. The molecule has 2 nitrogen and oxygen atoms in total. The number of aromatic nitrogens is 1. The third-order valence-electron chi connectivity index (χ3n) is 3.21. The summed E-state index contributed by atoms with van der Waals surface area (Å²) in [6.45, 7) is 4.41. The first-order chi connectivity index (χ1) is 7.72. The largest absolute Gasteiger partial charge is 0.260 e. The molecule has 2 rings (SSSR count). The molecule has 0 radical (unpaired) electrons. The predicted molar refractivity (Wildman–Crippen MR) is 64.1 cm³/mol. The number of pyridine rings is 1. The van der Waals surface area contributed by atoms with Crippen LogP contribution in [0.25, 0.3) is 0 Å². The van der Waals surface area contributed by atoms with Gasteiger partial charge >= 0.3 is 0 Å². The molecule has 84 valence electrons. The van der Waals surface area contributed by atoms with Crippen LogP contribution in [0.15, 0.2) is 6.20 Å². The van der Waals surface area contributed by atoms with Crippen molar-refractivity contribution in [3.8, 4) is 6.07 Å². The predicted octanol–water partition coefficient (Wildman–Crippen LogP) is 3.03. The van der Waals surface area contributed by atoms with Gasteiger partial charge in [0.1, 0.15) is 6.07 Å². The lowest BCUT2D eigenvalue weighted by Gasteiger charge is -2.20. The van der Waals surface area contributed by atoms with Crippen LogP contribution < -0.4 is 0 Å². The molecule has 0 saturated heterocycles. The van der Waals surface area contributed by atoms with Gasteiger partial charge in [-0.2, -0.15) is 5.26 Å². The average molecular weight is 214 g/mol. The van der Waals surface area contributed by atoms with Gasteiger partial charge < -0.3 is 0 Å². The Bertz CT molecular complexity index is 427. The third kappa shape index (κ3) is 2.09. The first-order valence-electron chi connectivity index (χ1n) is 6.12. The Morgan fingerprint density at radius 2 is 2.12 bits per heavy atom. The van der Waals surface area contributed by atoms with Gasteiger partial charge in [-0.15, -0.1) is 0 Å². The molecule has 2 heteroatoms. The van der Waals surface area contributed by atoms with Gasteiger partial charge in [0.05, 0.1) is 5.56 Å². The Hall–Kier alpha value is -1.36. The zero-order valence-corrected chi connectivity index (χ0v) is 10.1. The highest BCUT2D eigenvalue weighted by molar-refractivity contribution is 5.44. The fourth-order valence-electron chi connectivity index (χ4n) is 2.48. The van der Waals surface area contributed by atoms with Crippen LogP contribution in [-0.2, 0) is 19.3 Å². The van der Waals surface area contributed by atoms with E-state index in [9.17, 15) is 0 Å². The minimum atomic E-state index is 0.598. The van der Waals surface area contributed by atoms with Crippen LogP contribution in [0.3, 0.4) is 0 Å². The summed E-state index contributed by atoms with van der Waals surface area (Å²) >= 11 is 0. The van der Waals surface area contributed by atoms with Crippen molar-refractivity contribution in [3.63, 3.8) is 0 Å². The molecule has 1 aliphatic rings. The Morgan fingerprint density at radius 3 is 2.81 bits per heavy atom. The van der Waals surface area contributed by atoms with Crippen molar-refractivity contribution in [2.24, 2.45) is 5.92 Å². The summed E-state index contributed by atoms with van der Waals surface area (Å²) in [6.07, 6.45) is 7.46. The Kier molecular flexibility index (Phi) is 3.24. The van der Waals surface area contributed by atoms with Crippen molar-refractivity contribution in [3.05, 3.63) is 28.6 Å².